The number of guanidine groups is 1. The first-order valence-electron chi connectivity index (χ1n) is 8.21. The number of ether oxygens (including phenoxy) is 1. The number of hydrogen-bond acceptors (Lipinski definition) is 4. The molecule has 1 aliphatic rings. The fourth-order valence-electron chi connectivity index (χ4n) is 2.96. The van der Waals surface area contributed by atoms with Gasteiger partial charge in [-0.25, -0.2) is 4.98 Å². The van der Waals surface area contributed by atoms with Crippen molar-refractivity contribution in [1.82, 2.24) is 15.2 Å². The van der Waals surface area contributed by atoms with E-state index in [2.05, 4.69) is 51.4 Å². The van der Waals surface area contributed by atoms with Crippen LogP contribution in [0.4, 0.5) is 0 Å². The fraction of sp³-hybridized carbons (Fsp3) is 0.444. The normalized spacial score (nSPS) is 18.7. The summed E-state index contributed by atoms with van der Waals surface area (Å²) in [4.78, 5) is 12.2. The zero-order chi connectivity index (χ0) is 16.9. The Kier molecular flexibility index (Phi) is 5.48. The molecule has 6 heteroatoms. The van der Waals surface area contributed by atoms with E-state index in [9.17, 15) is 0 Å². The van der Waals surface area contributed by atoms with E-state index in [0.717, 1.165) is 30.6 Å². The van der Waals surface area contributed by atoms with Gasteiger partial charge in [0.25, 0.3) is 0 Å². The minimum atomic E-state index is 0.0872. The molecule has 1 aromatic carbocycles. The van der Waals surface area contributed by atoms with Crippen LogP contribution in [0.3, 0.4) is 0 Å². The second-order valence-electron chi connectivity index (χ2n) is 5.91. The number of benzene rings is 1. The van der Waals surface area contributed by atoms with Gasteiger partial charge < -0.3 is 15.0 Å². The molecule has 2 heterocycles. The topological polar surface area (TPSA) is 49.8 Å². The maximum atomic E-state index is 6.00. The van der Waals surface area contributed by atoms with Crippen LogP contribution < -0.4 is 5.32 Å². The largest absolute Gasteiger partial charge is 0.370 e. The van der Waals surface area contributed by atoms with Crippen molar-refractivity contribution >= 4 is 17.3 Å². The first-order valence-corrected chi connectivity index (χ1v) is 9.03. The summed E-state index contributed by atoms with van der Waals surface area (Å²) in [5, 5.41) is 4.54. The minimum Gasteiger partial charge on any atom is -0.370 e. The van der Waals surface area contributed by atoms with E-state index in [4.69, 9.17) is 4.74 Å². The molecule has 0 saturated carbocycles. The third-order valence-electron chi connectivity index (χ3n) is 4.20. The molecule has 1 N–H and O–H groups in total. The molecular formula is C18H24N4OS. The Morgan fingerprint density at radius 2 is 2.25 bits per heavy atom. The highest BCUT2D eigenvalue weighted by Gasteiger charge is 2.25. The van der Waals surface area contributed by atoms with Gasteiger partial charge in [-0.1, -0.05) is 24.3 Å². The Bertz CT molecular complexity index is 713. The van der Waals surface area contributed by atoms with Crippen LogP contribution in [-0.2, 0) is 11.3 Å². The molecular weight excluding hydrogens is 320 g/mol. The van der Waals surface area contributed by atoms with E-state index in [1.807, 2.05) is 20.2 Å². The lowest BCUT2D eigenvalue weighted by Gasteiger charge is -2.35. The summed E-state index contributed by atoms with van der Waals surface area (Å²) in [6, 6.07) is 8.43. The number of rotatable bonds is 3. The average Bonchev–Trinajstić information content (AvgIpc) is 3.01. The molecule has 128 valence electrons. The van der Waals surface area contributed by atoms with Crippen LogP contribution in [0.5, 0.6) is 0 Å². The monoisotopic (exact) mass is 344 g/mol. The van der Waals surface area contributed by atoms with E-state index in [-0.39, 0.29) is 6.10 Å². The Morgan fingerprint density at radius 1 is 1.42 bits per heavy atom. The summed E-state index contributed by atoms with van der Waals surface area (Å²) >= 11 is 1.71. The van der Waals surface area contributed by atoms with Crippen LogP contribution in [0, 0.1) is 13.8 Å². The highest BCUT2D eigenvalue weighted by Crippen LogP contribution is 2.25. The van der Waals surface area contributed by atoms with E-state index in [0.29, 0.717) is 6.61 Å². The van der Waals surface area contributed by atoms with Crippen molar-refractivity contribution in [2.24, 2.45) is 4.99 Å². The zero-order valence-corrected chi connectivity index (χ0v) is 15.3. The maximum Gasteiger partial charge on any atom is 0.194 e. The summed E-state index contributed by atoms with van der Waals surface area (Å²) < 4.78 is 6.00. The van der Waals surface area contributed by atoms with Crippen molar-refractivity contribution in [2.45, 2.75) is 26.5 Å². The van der Waals surface area contributed by atoms with Gasteiger partial charge in [0.1, 0.15) is 6.10 Å². The third-order valence-corrected chi connectivity index (χ3v) is 5.12. The van der Waals surface area contributed by atoms with E-state index < -0.39 is 0 Å². The predicted molar refractivity (Wildman–Crippen MR) is 98.5 cm³/mol. The smallest absolute Gasteiger partial charge is 0.194 e. The molecule has 1 atom stereocenters. The van der Waals surface area contributed by atoms with Crippen molar-refractivity contribution < 1.29 is 4.74 Å². The molecule has 0 aliphatic carbocycles. The molecule has 0 bridgehead atoms. The summed E-state index contributed by atoms with van der Waals surface area (Å²) in [7, 11) is 1.83. The lowest BCUT2D eigenvalue weighted by atomic mass is 10.0. The Morgan fingerprint density at radius 3 is 2.96 bits per heavy atom. The molecule has 1 saturated heterocycles. The standard InChI is InChI=1S/C18H24N4OS/c1-13-6-4-5-7-16(13)17-12-22(8-9-23-17)18(19-3)21-11-15-10-20-14(2)24-15/h4-7,10,17H,8-9,11-12H2,1-3H3,(H,19,21). The number of aryl methyl sites for hydroxylation is 2. The summed E-state index contributed by atoms with van der Waals surface area (Å²) in [6.07, 6.45) is 2.01. The summed E-state index contributed by atoms with van der Waals surface area (Å²) in [5.41, 5.74) is 2.53. The Hall–Kier alpha value is -1.92. The zero-order valence-electron chi connectivity index (χ0n) is 14.5. The highest BCUT2D eigenvalue weighted by molar-refractivity contribution is 7.11. The maximum absolute atomic E-state index is 6.00. The number of aliphatic imine (C=N–C) groups is 1. The van der Waals surface area contributed by atoms with Gasteiger partial charge in [-0.15, -0.1) is 11.3 Å². The summed E-state index contributed by atoms with van der Waals surface area (Å²) in [5.74, 6) is 0.919. The van der Waals surface area contributed by atoms with Crippen molar-refractivity contribution in [3.63, 3.8) is 0 Å². The molecule has 3 rings (SSSR count). The van der Waals surface area contributed by atoms with Gasteiger partial charge in [-0.3, -0.25) is 4.99 Å². The second-order valence-corrected chi connectivity index (χ2v) is 7.23. The van der Waals surface area contributed by atoms with Gasteiger partial charge >= 0.3 is 0 Å². The van der Waals surface area contributed by atoms with Crippen LogP contribution >= 0.6 is 11.3 Å². The fourth-order valence-corrected chi connectivity index (χ4v) is 3.70. The van der Waals surface area contributed by atoms with E-state index in [1.165, 1.54) is 16.0 Å². The lowest BCUT2D eigenvalue weighted by Crippen LogP contribution is -2.48. The SMILES string of the molecule is CN=C(NCc1cnc(C)s1)N1CCOC(c2ccccc2C)C1. The lowest BCUT2D eigenvalue weighted by molar-refractivity contribution is -0.00833. The molecule has 1 fully saturated rings. The quantitative estimate of drug-likeness (QED) is 0.687. The number of thiazole rings is 1. The number of aromatic nitrogens is 1. The number of nitrogens with one attached hydrogen (secondary N) is 1. The van der Waals surface area contributed by atoms with E-state index >= 15 is 0 Å². The van der Waals surface area contributed by atoms with Gasteiger partial charge in [0.2, 0.25) is 0 Å². The predicted octanol–water partition coefficient (Wildman–Crippen LogP) is 2.91. The number of nitrogens with zero attached hydrogens (tertiary/aromatic N) is 3. The van der Waals surface area contributed by atoms with Gasteiger partial charge in [-0.2, -0.15) is 0 Å². The molecule has 0 spiro atoms. The first kappa shape index (κ1) is 16.9. The third kappa shape index (κ3) is 3.94. The van der Waals surface area contributed by atoms with Crippen molar-refractivity contribution in [1.29, 1.82) is 0 Å². The van der Waals surface area contributed by atoms with Crippen molar-refractivity contribution in [3.05, 3.63) is 51.5 Å². The van der Waals surface area contributed by atoms with E-state index in [1.54, 1.807) is 11.3 Å². The van der Waals surface area contributed by atoms with Crippen LogP contribution in [0.2, 0.25) is 0 Å². The van der Waals surface area contributed by atoms with Crippen LogP contribution in [-0.4, -0.2) is 42.6 Å². The molecule has 2 aromatic rings. The molecule has 1 unspecified atom stereocenters. The first-order chi connectivity index (χ1) is 11.7. The van der Waals surface area contributed by atoms with Crippen LogP contribution in [0.25, 0.3) is 0 Å². The Labute approximate surface area is 147 Å². The van der Waals surface area contributed by atoms with Gasteiger partial charge in [0.05, 0.1) is 24.7 Å². The molecule has 5 nitrogen and oxygen atoms in total. The number of hydrogen-bond donors (Lipinski definition) is 1. The number of morpholine rings is 1. The Balaban J connectivity index is 1.65. The van der Waals surface area contributed by atoms with Crippen LogP contribution in [0.15, 0.2) is 35.5 Å². The molecule has 1 aliphatic heterocycles. The molecule has 1 aromatic heterocycles. The highest BCUT2D eigenvalue weighted by atomic mass is 32.1. The molecule has 0 radical (unpaired) electrons. The molecule has 24 heavy (non-hydrogen) atoms. The van der Waals surface area contributed by atoms with Crippen molar-refractivity contribution in [2.75, 3.05) is 26.7 Å². The second kappa shape index (κ2) is 7.77. The average molecular weight is 344 g/mol. The van der Waals surface area contributed by atoms with Crippen molar-refractivity contribution in [3.8, 4) is 0 Å². The minimum absolute atomic E-state index is 0.0872. The molecule has 0 amide bonds. The van der Waals surface area contributed by atoms with Gasteiger partial charge in [-0.05, 0) is 25.0 Å². The summed E-state index contributed by atoms with van der Waals surface area (Å²) in [6.45, 7) is 7.29. The van der Waals surface area contributed by atoms with Gasteiger partial charge in [0.15, 0.2) is 5.96 Å². The van der Waals surface area contributed by atoms with Gasteiger partial charge in [0, 0.05) is 24.7 Å². The van der Waals surface area contributed by atoms with Crippen LogP contribution in [0.1, 0.15) is 27.1 Å².